The molecule has 18 heavy (non-hydrogen) atoms. The van der Waals surface area contributed by atoms with Gasteiger partial charge in [-0.15, -0.1) is 0 Å². The first-order chi connectivity index (χ1) is 8.49. The number of aromatic nitrogens is 1. The van der Waals surface area contributed by atoms with Crippen molar-refractivity contribution >= 4 is 28.3 Å². The SMILES string of the molecule is Cc1cc(C)c2c(Cl)ccc(OCC(=N)N)c2n1. The Morgan fingerprint density at radius 2 is 2.17 bits per heavy atom. The zero-order valence-corrected chi connectivity index (χ0v) is 11.0. The van der Waals surface area contributed by atoms with Crippen molar-refractivity contribution in [3.63, 3.8) is 0 Å². The minimum atomic E-state index is -0.0255. The summed E-state index contributed by atoms with van der Waals surface area (Å²) in [7, 11) is 0. The molecule has 4 nitrogen and oxygen atoms in total. The van der Waals surface area contributed by atoms with Crippen LogP contribution in [-0.4, -0.2) is 17.4 Å². The normalized spacial score (nSPS) is 10.6. The molecule has 0 aliphatic heterocycles. The van der Waals surface area contributed by atoms with Gasteiger partial charge in [-0.25, -0.2) is 4.98 Å². The summed E-state index contributed by atoms with van der Waals surface area (Å²) in [4.78, 5) is 4.45. The Morgan fingerprint density at radius 3 is 2.83 bits per heavy atom. The molecule has 0 unspecified atom stereocenters. The summed E-state index contributed by atoms with van der Waals surface area (Å²) >= 11 is 6.19. The van der Waals surface area contributed by atoms with Gasteiger partial charge in [0.15, 0.2) is 0 Å². The summed E-state index contributed by atoms with van der Waals surface area (Å²) in [6.45, 7) is 3.95. The Balaban J connectivity index is 2.61. The number of hydrogen-bond acceptors (Lipinski definition) is 3. The largest absolute Gasteiger partial charge is 0.483 e. The van der Waals surface area contributed by atoms with Crippen LogP contribution in [0.3, 0.4) is 0 Å². The third-order valence-electron chi connectivity index (χ3n) is 2.58. The number of rotatable bonds is 3. The van der Waals surface area contributed by atoms with Gasteiger partial charge in [0, 0.05) is 11.1 Å². The van der Waals surface area contributed by atoms with Crippen molar-refractivity contribution in [2.24, 2.45) is 5.73 Å². The van der Waals surface area contributed by atoms with Crippen molar-refractivity contribution in [2.45, 2.75) is 13.8 Å². The Kier molecular flexibility index (Phi) is 3.39. The Morgan fingerprint density at radius 1 is 1.44 bits per heavy atom. The van der Waals surface area contributed by atoms with Gasteiger partial charge < -0.3 is 10.5 Å². The van der Waals surface area contributed by atoms with E-state index < -0.39 is 0 Å². The molecule has 3 N–H and O–H groups in total. The second kappa shape index (κ2) is 4.82. The van der Waals surface area contributed by atoms with Gasteiger partial charge in [-0.1, -0.05) is 11.6 Å². The summed E-state index contributed by atoms with van der Waals surface area (Å²) in [6.07, 6.45) is 0. The average Bonchev–Trinajstić information content (AvgIpc) is 2.26. The molecule has 0 atom stereocenters. The zero-order chi connectivity index (χ0) is 13.3. The number of halogens is 1. The van der Waals surface area contributed by atoms with Gasteiger partial charge in [-0.05, 0) is 37.6 Å². The molecule has 0 aliphatic carbocycles. The number of nitrogens with two attached hydrogens (primary N) is 1. The fourth-order valence-electron chi connectivity index (χ4n) is 1.90. The molecule has 0 bridgehead atoms. The van der Waals surface area contributed by atoms with E-state index in [9.17, 15) is 0 Å². The lowest BCUT2D eigenvalue weighted by Crippen LogP contribution is -2.19. The molecule has 0 saturated carbocycles. The van der Waals surface area contributed by atoms with Gasteiger partial charge in [0.25, 0.3) is 0 Å². The number of nitrogens with one attached hydrogen (secondary N) is 1. The number of aryl methyl sites for hydroxylation is 2. The van der Waals surface area contributed by atoms with Crippen molar-refractivity contribution in [1.82, 2.24) is 4.98 Å². The van der Waals surface area contributed by atoms with E-state index in [-0.39, 0.29) is 12.4 Å². The molecule has 1 heterocycles. The van der Waals surface area contributed by atoms with E-state index >= 15 is 0 Å². The van der Waals surface area contributed by atoms with Crippen LogP contribution in [-0.2, 0) is 0 Å². The molecule has 0 saturated heterocycles. The van der Waals surface area contributed by atoms with Crippen LogP contribution in [0.5, 0.6) is 5.75 Å². The topological polar surface area (TPSA) is 72.0 Å². The number of hydrogen-bond donors (Lipinski definition) is 2. The van der Waals surface area contributed by atoms with Gasteiger partial charge >= 0.3 is 0 Å². The van der Waals surface area contributed by atoms with Crippen LogP contribution in [0.25, 0.3) is 10.9 Å². The molecule has 2 aromatic rings. The van der Waals surface area contributed by atoms with E-state index in [1.807, 2.05) is 19.9 Å². The van der Waals surface area contributed by atoms with Gasteiger partial charge in [-0.2, -0.15) is 0 Å². The molecule has 0 spiro atoms. The van der Waals surface area contributed by atoms with Gasteiger partial charge in [0.05, 0.1) is 5.02 Å². The first-order valence-electron chi connectivity index (χ1n) is 5.51. The molecule has 5 heteroatoms. The minimum Gasteiger partial charge on any atom is -0.483 e. The highest BCUT2D eigenvalue weighted by Gasteiger charge is 2.10. The van der Waals surface area contributed by atoms with Crippen LogP contribution in [0.15, 0.2) is 18.2 Å². The fourth-order valence-corrected chi connectivity index (χ4v) is 2.20. The monoisotopic (exact) mass is 263 g/mol. The van der Waals surface area contributed by atoms with Crippen LogP contribution >= 0.6 is 11.6 Å². The van der Waals surface area contributed by atoms with Crippen molar-refractivity contribution < 1.29 is 4.74 Å². The molecule has 2 rings (SSSR count). The van der Waals surface area contributed by atoms with E-state index in [0.717, 1.165) is 16.6 Å². The van der Waals surface area contributed by atoms with Crippen molar-refractivity contribution in [3.8, 4) is 5.75 Å². The number of ether oxygens (including phenoxy) is 1. The van der Waals surface area contributed by atoms with Crippen molar-refractivity contribution in [2.75, 3.05) is 6.61 Å². The average molecular weight is 264 g/mol. The summed E-state index contributed by atoms with van der Waals surface area (Å²) in [6, 6.07) is 5.49. The highest BCUT2D eigenvalue weighted by Crippen LogP contribution is 2.32. The number of fused-ring (bicyclic) bond motifs is 1. The quantitative estimate of drug-likeness (QED) is 0.661. The number of nitrogens with zero attached hydrogens (tertiary/aromatic N) is 1. The summed E-state index contributed by atoms with van der Waals surface area (Å²) in [5.74, 6) is 0.568. The molecule has 0 radical (unpaired) electrons. The van der Waals surface area contributed by atoms with Crippen LogP contribution < -0.4 is 10.5 Å². The van der Waals surface area contributed by atoms with Crippen molar-refractivity contribution in [1.29, 1.82) is 5.41 Å². The van der Waals surface area contributed by atoms with E-state index in [2.05, 4.69) is 4.98 Å². The number of pyridine rings is 1. The fraction of sp³-hybridized carbons (Fsp3) is 0.231. The van der Waals surface area contributed by atoms with Gasteiger partial charge in [-0.3, -0.25) is 5.41 Å². The van der Waals surface area contributed by atoms with E-state index in [4.69, 9.17) is 27.5 Å². The van der Waals surface area contributed by atoms with Gasteiger partial charge in [0.1, 0.15) is 23.7 Å². The second-order valence-electron chi connectivity index (χ2n) is 4.16. The lowest BCUT2D eigenvalue weighted by Gasteiger charge is -2.11. The molecule has 1 aromatic carbocycles. The molecule has 0 fully saturated rings. The lowest BCUT2D eigenvalue weighted by molar-refractivity contribution is 0.378. The first-order valence-corrected chi connectivity index (χ1v) is 5.89. The molecule has 1 aromatic heterocycles. The van der Waals surface area contributed by atoms with Crippen LogP contribution in [0.2, 0.25) is 5.02 Å². The Bertz CT molecular complexity index is 625. The molecule has 0 amide bonds. The Labute approximate surface area is 110 Å². The predicted molar refractivity (Wildman–Crippen MR) is 73.6 cm³/mol. The maximum atomic E-state index is 7.18. The molecular weight excluding hydrogens is 250 g/mol. The van der Waals surface area contributed by atoms with E-state index in [0.29, 0.717) is 16.3 Å². The van der Waals surface area contributed by atoms with Crippen LogP contribution in [0, 0.1) is 19.3 Å². The molecular formula is C13H14ClN3O. The molecule has 94 valence electrons. The van der Waals surface area contributed by atoms with Crippen LogP contribution in [0.4, 0.5) is 0 Å². The number of benzene rings is 1. The highest BCUT2D eigenvalue weighted by atomic mass is 35.5. The molecule has 0 aliphatic rings. The third kappa shape index (κ3) is 2.38. The van der Waals surface area contributed by atoms with E-state index in [1.54, 1.807) is 12.1 Å². The van der Waals surface area contributed by atoms with E-state index in [1.165, 1.54) is 0 Å². The summed E-state index contributed by atoms with van der Waals surface area (Å²) < 4.78 is 5.48. The predicted octanol–water partition coefficient (Wildman–Crippen LogP) is 2.82. The third-order valence-corrected chi connectivity index (χ3v) is 2.90. The number of amidine groups is 1. The minimum absolute atomic E-state index is 0.0255. The van der Waals surface area contributed by atoms with Crippen molar-refractivity contribution in [3.05, 3.63) is 34.5 Å². The summed E-state index contributed by atoms with van der Waals surface area (Å²) in [5.41, 5.74) is 7.95. The van der Waals surface area contributed by atoms with Gasteiger partial charge in [0.2, 0.25) is 0 Å². The standard InChI is InChI=1S/C13H14ClN3O/c1-7-5-8(2)17-13-10(18-6-11(15)16)4-3-9(14)12(7)13/h3-5H,6H2,1-2H3,(H3,15,16). The van der Waals surface area contributed by atoms with Crippen LogP contribution in [0.1, 0.15) is 11.3 Å². The zero-order valence-electron chi connectivity index (χ0n) is 10.2. The second-order valence-corrected chi connectivity index (χ2v) is 4.57. The lowest BCUT2D eigenvalue weighted by atomic mass is 10.1. The smallest absolute Gasteiger partial charge is 0.146 e. The maximum absolute atomic E-state index is 7.18. The highest BCUT2D eigenvalue weighted by molar-refractivity contribution is 6.35. The summed E-state index contributed by atoms with van der Waals surface area (Å²) in [5, 5.41) is 8.71. The first kappa shape index (κ1) is 12.6. The maximum Gasteiger partial charge on any atom is 0.146 e. The Hall–Kier alpha value is -1.81.